The molecule has 40 heavy (non-hydrogen) atoms. The summed E-state index contributed by atoms with van der Waals surface area (Å²) in [6.45, 7) is 4.04. The van der Waals surface area contributed by atoms with Crippen LogP contribution in [-0.4, -0.2) is 17.1 Å². The quantitative estimate of drug-likeness (QED) is 0.114. The highest BCUT2D eigenvalue weighted by molar-refractivity contribution is 9.10. The highest BCUT2D eigenvalue weighted by Crippen LogP contribution is 2.44. The normalized spacial score (nSPS) is 12.3. The first-order chi connectivity index (χ1) is 19.1. The van der Waals surface area contributed by atoms with E-state index in [4.69, 9.17) is 10.5 Å². The van der Waals surface area contributed by atoms with Crippen molar-refractivity contribution < 1.29 is 19.4 Å². The Morgan fingerprint density at radius 1 is 0.950 bits per heavy atom. The minimum Gasteiger partial charge on any atom is -0.507 e. The van der Waals surface area contributed by atoms with Crippen LogP contribution in [0.5, 0.6) is 5.75 Å². The van der Waals surface area contributed by atoms with Gasteiger partial charge in [0.05, 0.1) is 11.4 Å². The number of para-hydroxylation sites is 2. The van der Waals surface area contributed by atoms with Crippen molar-refractivity contribution in [3.8, 4) is 5.75 Å². The van der Waals surface area contributed by atoms with Crippen LogP contribution in [0.4, 0.5) is 21.9 Å². The number of nitrogens with one attached hydrogen (secondary N) is 2. The summed E-state index contributed by atoms with van der Waals surface area (Å²) in [5.41, 5.74) is 7.81. The van der Waals surface area contributed by atoms with Gasteiger partial charge in [0.1, 0.15) is 11.9 Å². The fourth-order valence-corrected chi connectivity index (χ4v) is 4.79. The summed E-state index contributed by atoms with van der Waals surface area (Å²) in [5.74, 6) is -0.120. The molecule has 7 nitrogen and oxygen atoms in total. The number of hydrogen-bond donors (Lipinski definition) is 4. The molecule has 206 valence electrons. The van der Waals surface area contributed by atoms with Crippen molar-refractivity contribution >= 4 is 55.8 Å². The molecular formula is C32H32BrN3O4. The van der Waals surface area contributed by atoms with E-state index in [1.807, 2.05) is 50.2 Å². The number of fused-ring (bicyclic) bond motifs is 1. The minimum absolute atomic E-state index is 0.156. The zero-order chi connectivity index (χ0) is 28.7. The summed E-state index contributed by atoms with van der Waals surface area (Å²) < 4.78 is 6.99. The molecule has 0 heterocycles. The van der Waals surface area contributed by atoms with Gasteiger partial charge >= 0.3 is 6.09 Å². The number of halogens is 1. The summed E-state index contributed by atoms with van der Waals surface area (Å²) in [6, 6.07) is 25.2. The van der Waals surface area contributed by atoms with Crippen molar-refractivity contribution in [3.05, 3.63) is 107 Å². The number of carbonyl (C=O) groups excluding carboxylic acids is 2. The number of anilines is 3. The van der Waals surface area contributed by atoms with Crippen LogP contribution in [0.15, 0.2) is 102 Å². The summed E-state index contributed by atoms with van der Waals surface area (Å²) >= 11 is 3.40. The Morgan fingerprint density at radius 3 is 2.35 bits per heavy atom. The SMILES string of the molecule is CC(C)(CC/C=C/C(=O)Nc1ccccc1N)[C@H](OC(=O)Nc1ccc(Br)cc1)c1ccc(O)c2ccccc12. The molecule has 0 unspecified atom stereocenters. The molecule has 0 saturated carbocycles. The van der Waals surface area contributed by atoms with Crippen molar-refractivity contribution in [3.63, 3.8) is 0 Å². The number of nitrogens with two attached hydrogens (primary N) is 1. The first-order valence-corrected chi connectivity index (χ1v) is 13.7. The van der Waals surface area contributed by atoms with Crippen LogP contribution in [0.1, 0.15) is 38.4 Å². The van der Waals surface area contributed by atoms with Gasteiger partial charge in [0.15, 0.2) is 0 Å². The van der Waals surface area contributed by atoms with Gasteiger partial charge in [0.2, 0.25) is 5.91 Å². The zero-order valence-corrected chi connectivity index (χ0v) is 23.9. The summed E-state index contributed by atoms with van der Waals surface area (Å²) in [5, 5.41) is 17.5. The summed E-state index contributed by atoms with van der Waals surface area (Å²) in [4.78, 5) is 25.5. The van der Waals surface area contributed by atoms with E-state index in [-0.39, 0.29) is 11.7 Å². The third-order valence-corrected chi connectivity index (χ3v) is 7.21. The molecule has 2 amide bonds. The maximum atomic E-state index is 13.1. The van der Waals surface area contributed by atoms with E-state index in [1.54, 1.807) is 54.6 Å². The monoisotopic (exact) mass is 601 g/mol. The number of amides is 2. The number of benzene rings is 4. The smallest absolute Gasteiger partial charge is 0.412 e. The molecule has 0 bridgehead atoms. The van der Waals surface area contributed by atoms with Crippen LogP contribution < -0.4 is 16.4 Å². The fourth-order valence-electron chi connectivity index (χ4n) is 4.53. The van der Waals surface area contributed by atoms with Gasteiger partial charge in [-0.2, -0.15) is 0 Å². The second-order valence-corrected chi connectivity index (χ2v) is 11.1. The Kier molecular flexibility index (Phi) is 9.11. The Labute approximate surface area is 242 Å². The van der Waals surface area contributed by atoms with Gasteiger partial charge < -0.3 is 20.9 Å². The molecule has 0 radical (unpaired) electrons. The van der Waals surface area contributed by atoms with Gasteiger partial charge in [-0.15, -0.1) is 0 Å². The van der Waals surface area contributed by atoms with Gasteiger partial charge in [0.25, 0.3) is 0 Å². The van der Waals surface area contributed by atoms with Crippen molar-refractivity contribution in [1.29, 1.82) is 0 Å². The Balaban J connectivity index is 1.53. The molecule has 1 atom stereocenters. The fraction of sp³-hybridized carbons (Fsp3) is 0.188. The second-order valence-electron chi connectivity index (χ2n) is 10.1. The average Bonchev–Trinajstić information content (AvgIpc) is 2.93. The van der Waals surface area contributed by atoms with Gasteiger partial charge in [-0.3, -0.25) is 10.1 Å². The molecular weight excluding hydrogens is 570 g/mol. The predicted octanol–water partition coefficient (Wildman–Crippen LogP) is 8.18. The maximum Gasteiger partial charge on any atom is 0.412 e. The Hall–Kier alpha value is -4.30. The molecule has 8 heteroatoms. The van der Waals surface area contributed by atoms with Crippen molar-refractivity contribution in [2.45, 2.75) is 32.8 Å². The zero-order valence-electron chi connectivity index (χ0n) is 22.4. The van der Waals surface area contributed by atoms with Crippen LogP contribution in [-0.2, 0) is 9.53 Å². The highest BCUT2D eigenvalue weighted by Gasteiger charge is 2.35. The summed E-state index contributed by atoms with van der Waals surface area (Å²) in [7, 11) is 0. The lowest BCUT2D eigenvalue weighted by Gasteiger charge is -2.35. The van der Waals surface area contributed by atoms with Gasteiger partial charge in [-0.25, -0.2) is 4.79 Å². The number of nitrogen functional groups attached to an aromatic ring is 1. The number of hydrogen-bond acceptors (Lipinski definition) is 5. The van der Waals surface area contributed by atoms with Crippen LogP contribution >= 0.6 is 15.9 Å². The molecule has 4 rings (SSSR count). The van der Waals surface area contributed by atoms with E-state index in [0.717, 1.165) is 15.4 Å². The first kappa shape index (κ1) is 28.7. The molecule has 0 aliphatic rings. The average molecular weight is 603 g/mol. The molecule has 0 saturated heterocycles. The Bertz CT molecular complexity index is 1530. The largest absolute Gasteiger partial charge is 0.507 e. The lowest BCUT2D eigenvalue weighted by molar-refractivity contribution is -0.111. The second kappa shape index (κ2) is 12.7. The molecule has 5 N–H and O–H groups in total. The van der Waals surface area contributed by atoms with E-state index < -0.39 is 17.6 Å². The summed E-state index contributed by atoms with van der Waals surface area (Å²) in [6.07, 6.45) is 3.20. The van der Waals surface area contributed by atoms with Gasteiger partial charge in [-0.1, -0.05) is 78.3 Å². The standard InChI is InChI=1S/C32H32BrN3O4/c1-32(2,20-8-7-13-29(38)36-27-12-6-5-11-26(27)34)30(40-31(39)35-22-16-14-21(33)15-17-22)25-18-19-28(37)24-10-4-3-9-23(24)25/h3-7,9-19,30,37H,8,20,34H2,1-2H3,(H,35,39)(H,36,38)/b13-7+/t30-/m1/s1. The number of ether oxygens (including phenoxy) is 1. The van der Waals surface area contributed by atoms with Crippen molar-refractivity contribution in [2.75, 3.05) is 16.4 Å². The van der Waals surface area contributed by atoms with E-state index in [1.165, 1.54) is 6.08 Å². The maximum absolute atomic E-state index is 13.1. The lowest BCUT2D eigenvalue weighted by Crippen LogP contribution is -2.29. The van der Waals surface area contributed by atoms with E-state index in [9.17, 15) is 14.7 Å². The number of phenolic OH excluding ortho intramolecular Hbond substituents is 1. The van der Waals surface area contributed by atoms with E-state index in [0.29, 0.717) is 35.3 Å². The highest BCUT2D eigenvalue weighted by atomic mass is 79.9. The minimum atomic E-state index is -0.653. The van der Waals surface area contributed by atoms with Gasteiger partial charge in [-0.05, 0) is 66.8 Å². The third kappa shape index (κ3) is 7.21. The molecule has 4 aromatic rings. The topological polar surface area (TPSA) is 114 Å². The lowest BCUT2D eigenvalue weighted by atomic mass is 9.77. The molecule has 4 aromatic carbocycles. The van der Waals surface area contributed by atoms with Crippen LogP contribution in [0.3, 0.4) is 0 Å². The van der Waals surface area contributed by atoms with Crippen molar-refractivity contribution in [2.24, 2.45) is 5.41 Å². The molecule has 0 aromatic heterocycles. The molecule has 0 fully saturated rings. The van der Waals surface area contributed by atoms with E-state index >= 15 is 0 Å². The number of aromatic hydroxyl groups is 1. The number of allylic oxidation sites excluding steroid dienone is 1. The van der Waals surface area contributed by atoms with Crippen LogP contribution in [0.25, 0.3) is 10.8 Å². The first-order valence-electron chi connectivity index (χ1n) is 12.9. The predicted molar refractivity (Wildman–Crippen MR) is 164 cm³/mol. The van der Waals surface area contributed by atoms with Gasteiger partial charge in [0, 0.05) is 26.5 Å². The van der Waals surface area contributed by atoms with Crippen LogP contribution in [0, 0.1) is 5.41 Å². The Morgan fingerprint density at radius 2 is 1.62 bits per heavy atom. The number of phenols is 1. The molecule has 0 aliphatic carbocycles. The van der Waals surface area contributed by atoms with Crippen LogP contribution in [0.2, 0.25) is 0 Å². The number of carbonyl (C=O) groups is 2. The number of rotatable bonds is 9. The molecule has 0 aliphatic heterocycles. The third-order valence-electron chi connectivity index (χ3n) is 6.69. The van der Waals surface area contributed by atoms with E-state index in [2.05, 4.69) is 26.6 Å². The van der Waals surface area contributed by atoms with Crippen molar-refractivity contribution in [1.82, 2.24) is 0 Å². The molecule has 0 spiro atoms.